The smallest absolute Gasteiger partial charge is 0.124 e. The Kier molecular flexibility index (Phi) is 4.88. The van der Waals surface area contributed by atoms with Crippen molar-refractivity contribution < 1.29 is 9.47 Å². The van der Waals surface area contributed by atoms with E-state index in [1.165, 1.54) is 24.8 Å². The molecule has 1 aromatic carbocycles. The van der Waals surface area contributed by atoms with E-state index in [0.29, 0.717) is 0 Å². The Morgan fingerprint density at radius 1 is 1.33 bits per heavy atom. The van der Waals surface area contributed by atoms with Crippen LogP contribution in [0.5, 0.6) is 11.5 Å². The van der Waals surface area contributed by atoms with Crippen LogP contribution in [-0.2, 0) is 6.54 Å². The minimum Gasteiger partial charge on any atom is -0.497 e. The number of nitrogens with one attached hydrogen (secondary N) is 1. The Labute approximate surface area is 109 Å². The molecule has 0 aromatic heterocycles. The number of methoxy groups -OCH3 is 1. The van der Waals surface area contributed by atoms with Gasteiger partial charge in [0, 0.05) is 12.1 Å². The van der Waals surface area contributed by atoms with Crippen molar-refractivity contribution in [3.05, 3.63) is 23.8 Å². The second-order valence-corrected chi connectivity index (χ2v) is 4.83. The third-order valence-electron chi connectivity index (χ3n) is 3.31. The van der Waals surface area contributed by atoms with E-state index in [9.17, 15) is 0 Å². The number of benzene rings is 1. The van der Waals surface area contributed by atoms with Crippen molar-refractivity contribution in [2.45, 2.75) is 32.7 Å². The SMILES string of the molecule is CCNCc1cc(OC)ccc1OCCC1CC1. The number of hydrogen-bond acceptors (Lipinski definition) is 3. The quantitative estimate of drug-likeness (QED) is 0.768. The third-order valence-corrected chi connectivity index (χ3v) is 3.31. The second-order valence-electron chi connectivity index (χ2n) is 4.83. The van der Waals surface area contributed by atoms with Gasteiger partial charge in [-0.15, -0.1) is 0 Å². The predicted octanol–water partition coefficient (Wildman–Crippen LogP) is 2.98. The molecule has 0 unspecified atom stereocenters. The first-order valence-electron chi connectivity index (χ1n) is 6.84. The molecule has 0 amide bonds. The molecule has 0 spiro atoms. The minimum atomic E-state index is 0.826. The molecule has 1 N–H and O–H groups in total. The summed E-state index contributed by atoms with van der Waals surface area (Å²) >= 11 is 0. The molecule has 18 heavy (non-hydrogen) atoms. The van der Waals surface area contributed by atoms with E-state index in [2.05, 4.69) is 18.3 Å². The summed E-state index contributed by atoms with van der Waals surface area (Å²) < 4.78 is 11.1. The fraction of sp³-hybridized carbons (Fsp3) is 0.600. The van der Waals surface area contributed by atoms with Gasteiger partial charge in [0.15, 0.2) is 0 Å². The standard InChI is InChI=1S/C15H23NO2/c1-3-16-11-13-10-14(17-2)6-7-15(13)18-9-8-12-4-5-12/h6-7,10,12,16H,3-5,8-9,11H2,1-2H3. The molecule has 1 saturated carbocycles. The fourth-order valence-corrected chi connectivity index (χ4v) is 1.96. The monoisotopic (exact) mass is 249 g/mol. The molecular weight excluding hydrogens is 226 g/mol. The maximum absolute atomic E-state index is 5.89. The van der Waals surface area contributed by atoms with E-state index in [-0.39, 0.29) is 0 Å². The van der Waals surface area contributed by atoms with Gasteiger partial charge in [0.25, 0.3) is 0 Å². The predicted molar refractivity (Wildman–Crippen MR) is 73.2 cm³/mol. The number of ether oxygens (including phenoxy) is 2. The highest BCUT2D eigenvalue weighted by atomic mass is 16.5. The van der Waals surface area contributed by atoms with Crippen LogP contribution in [-0.4, -0.2) is 20.3 Å². The molecule has 100 valence electrons. The Balaban J connectivity index is 1.95. The van der Waals surface area contributed by atoms with Crippen molar-refractivity contribution in [3.63, 3.8) is 0 Å². The summed E-state index contributed by atoms with van der Waals surface area (Å²) in [4.78, 5) is 0. The van der Waals surface area contributed by atoms with Gasteiger partial charge in [-0.05, 0) is 37.1 Å². The van der Waals surface area contributed by atoms with Crippen molar-refractivity contribution in [1.82, 2.24) is 5.32 Å². The van der Waals surface area contributed by atoms with Crippen LogP contribution in [0.3, 0.4) is 0 Å². The molecule has 0 atom stereocenters. The maximum atomic E-state index is 5.89. The van der Waals surface area contributed by atoms with Crippen LogP contribution in [0.25, 0.3) is 0 Å². The van der Waals surface area contributed by atoms with Crippen LogP contribution >= 0.6 is 0 Å². The van der Waals surface area contributed by atoms with E-state index >= 15 is 0 Å². The van der Waals surface area contributed by atoms with Crippen molar-refractivity contribution in [2.24, 2.45) is 5.92 Å². The molecular formula is C15H23NO2. The molecule has 0 heterocycles. The van der Waals surface area contributed by atoms with Gasteiger partial charge >= 0.3 is 0 Å². The second kappa shape index (κ2) is 6.64. The molecule has 1 aliphatic rings. The lowest BCUT2D eigenvalue weighted by molar-refractivity contribution is 0.298. The highest BCUT2D eigenvalue weighted by Crippen LogP contribution is 2.32. The van der Waals surface area contributed by atoms with Gasteiger partial charge in [0.05, 0.1) is 13.7 Å². The Morgan fingerprint density at radius 2 is 2.17 bits per heavy atom. The largest absolute Gasteiger partial charge is 0.497 e. The maximum Gasteiger partial charge on any atom is 0.124 e. The van der Waals surface area contributed by atoms with Crippen molar-refractivity contribution >= 4 is 0 Å². The summed E-state index contributed by atoms with van der Waals surface area (Å²) in [6.07, 6.45) is 3.96. The molecule has 2 rings (SSSR count). The Hall–Kier alpha value is -1.22. The van der Waals surface area contributed by atoms with Crippen LogP contribution in [0, 0.1) is 5.92 Å². The van der Waals surface area contributed by atoms with Crippen LogP contribution in [0.2, 0.25) is 0 Å². The number of hydrogen-bond donors (Lipinski definition) is 1. The molecule has 0 aliphatic heterocycles. The minimum absolute atomic E-state index is 0.826. The van der Waals surface area contributed by atoms with Crippen LogP contribution < -0.4 is 14.8 Å². The van der Waals surface area contributed by atoms with Gasteiger partial charge in [0.2, 0.25) is 0 Å². The van der Waals surface area contributed by atoms with E-state index in [1.807, 2.05) is 12.1 Å². The van der Waals surface area contributed by atoms with Crippen molar-refractivity contribution in [3.8, 4) is 11.5 Å². The highest BCUT2D eigenvalue weighted by Gasteiger charge is 2.20. The van der Waals surface area contributed by atoms with E-state index < -0.39 is 0 Å². The Morgan fingerprint density at radius 3 is 2.83 bits per heavy atom. The molecule has 1 aliphatic carbocycles. The highest BCUT2D eigenvalue weighted by molar-refractivity contribution is 5.40. The zero-order chi connectivity index (χ0) is 12.8. The van der Waals surface area contributed by atoms with Gasteiger partial charge in [0.1, 0.15) is 11.5 Å². The van der Waals surface area contributed by atoms with E-state index in [1.54, 1.807) is 7.11 Å². The summed E-state index contributed by atoms with van der Waals surface area (Å²) in [6.45, 7) is 4.72. The Bertz CT molecular complexity index is 375. The first-order chi connectivity index (χ1) is 8.83. The van der Waals surface area contributed by atoms with Gasteiger partial charge in [-0.1, -0.05) is 19.8 Å². The lowest BCUT2D eigenvalue weighted by atomic mass is 10.2. The summed E-state index contributed by atoms with van der Waals surface area (Å²) in [5.41, 5.74) is 1.17. The van der Waals surface area contributed by atoms with Crippen LogP contribution in [0.4, 0.5) is 0 Å². The average Bonchev–Trinajstić information content (AvgIpc) is 3.21. The average molecular weight is 249 g/mol. The number of rotatable bonds is 8. The molecule has 1 fully saturated rings. The molecule has 3 nitrogen and oxygen atoms in total. The summed E-state index contributed by atoms with van der Waals surface area (Å²) in [5, 5.41) is 3.33. The van der Waals surface area contributed by atoms with Crippen LogP contribution in [0.15, 0.2) is 18.2 Å². The van der Waals surface area contributed by atoms with Gasteiger partial charge in [-0.3, -0.25) is 0 Å². The van der Waals surface area contributed by atoms with Gasteiger partial charge < -0.3 is 14.8 Å². The zero-order valence-electron chi connectivity index (χ0n) is 11.4. The van der Waals surface area contributed by atoms with Gasteiger partial charge in [-0.2, -0.15) is 0 Å². The first-order valence-corrected chi connectivity index (χ1v) is 6.84. The summed E-state index contributed by atoms with van der Waals surface area (Å²) in [7, 11) is 1.69. The summed E-state index contributed by atoms with van der Waals surface area (Å²) in [5.74, 6) is 2.79. The van der Waals surface area contributed by atoms with Crippen molar-refractivity contribution in [1.29, 1.82) is 0 Å². The summed E-state index contributed by atoms with van der Waals surface area (Å²) in [6, 6.07) is 6.02. The van der Waals surface area contributed by atoms with Crippen LogP contribution in [0.1, 0.15) is 31.7 Å². The molecule has 0 radical (unpaired) electrons. The van der Waals surface area contributed by atoms with E-state index in [0.717, 1.165) is 37.1 Å². The van der Waals surface area contributed by atoms with E-state index in [4.69, 9.17) is 9.47 Å². The molecule has 0 bridgehead atoms. The molecule has 0 saturated heterocycles. The van der Waals surface area contributed by atoms with Crippen molar-refractivity contribution in [2.75, 3.05) is 20.3 Å². The third kappa shape index (κ3) is 3.91. The molecule has 3 heteroatoms. The zero-order valence-corrected chi connectivity index (χ0v) is 11.4. The topological polar surface area (TPSA) is 30.5 Å². The normalized spacial score (nSPS) is 14.6. The van der Waals surface area contributed by atoms with Gasteiger partial charge in [-0.25, -0.2) is 0 Å². The lowest BCUT2D eigenvalue weighted by Gasteiger charge is -2.13. The lowest BCUT2D eigenvalue weighted by Crippen LogP contribution is -2.13. The first kappa shape index (κ1) is 13.2. The fourth-order valence-electron chi connectivity index (χ4n) is 1.96. The molecule has 1 aromatic rings.